The number of anilines is 3. The lowest BCUT2D eigenvalue weighted by atomic mass is 9.86. The van der Waals surface area contributed by atoms with Crippen LogP contribution in [-0.4, -0.2) is 41.5 Å². The first kappa shape index (κ1) is 20.5. The molecule has 6 nitrogen and oxygen atoms in total. The summed E-state index contributed by atoms with van der Waals surface area (Å²) < 4.78 is 5.55. The molecule has 4 aromatic rings. The maximum atomic E-state index is 5.55. The SMILES string of the molecule is CC(C)(C)c1ccc(-c2cc(Nc3ccc4[nH]ncc4c3)cc(N3CCOCC3)n2)cc1. The van der Waals surface area contributed by atoms with E-state index in [0.29, 0.717) is 0 Å². The highest BCUT2D eigenvalue weighted by atomic mass is 16.5. The van der Waals surface area contributed by atoms with Crippen LogP contribution in [0.4, 0.5) is 17.2 Å². The highest BCUT2D eigenvalue weighted by Crippen LogP contribution is 2.31. The second kappa shape index (κ2) is 8.28. The van der Waals surface area contributed by atoms with Crippen LogP contribution in [0, 0.1) is 0 Å². The van der Waals surface area contributed by atoms with E-state index in [4.69, 9.17) is 9.72 Å². The molecular weight excluding hydrogens is 398 g/mol. The van der Waals surface area contributed by atoms with Crippen molar-refractivity contribution in [1.82, 2.24) is 15.2 Å². The van der Waals surface area contributed by atoms with Crippen molar-refractivity contribution in [2.75, 3.05) is 36.5 Å². The van der Waals surface area contributed by atoms with E-state index in [0.717, 1.165) is 65.7 Å². The summed E-state index contributed by atoms with van der Waals surface area (Å²) in [5, 5.41) is 11.8. The van der Waals surface area contributed by atoms with Gasteiger partial charge >= 0.3 is 0 Å². The zero-order chi connectivity index (χ0) is 22.1. The number of hydrogen-bond acceptors (Lipinski definition) is 5. The summed E-state index contributed by atoms with van der Waals surface area (Å²) in [6.07, 6.45) is 1.84. The average molecular weight is 428 g/mol. The lowest BCUT2D eigenvalue weighted by Crippen LogP contribution is -2.36. The molecular formula is C26H29N5O. The first-order chi connectivity index (χ1) is 15.5. The molecule has 32 heavy (non-hydrogen) atoms. The van der Waals surface area contributed by atoms with E-state index in [2.05, 4.69) is 89.7 Å². The fourth-order valence-corrected chi connectivity index (χ4v) is 4.02. The Hall–Kier alpha value is -3.38. The predicted molar refractivity (Wildman–Crippen MR) is 131 cm³/mol. The van der Waals surface area contributed by atoms with Gasteiger partial charge < -0.3 is 15.0 Å². The van der Waals surface area contributed by atoms with Crippen LogP contribution in [0.3, 0.4) is 0 Å². The lowest BCUT2D eigenvalue weighted by molar-refractivity contribution is 0.122. The van der Waals surface area contributed by atoms with Crippen LogP contribution < -0.4 is 10.2 Å². The van der Waals surface area contributed by atoms with Gasteiger partial charge in [0.05, 0.1) is 30.6 Å². The molecule has 1 aliphatic heterocycles. The second-order valence-corrected chi connectivity index (χ2v) is 9.32. The fourth-order valence-electron chi connectivity index (χ4n) is 4.02. The Morgan fingerprint density at radius 3 is 2.47 bits per heavy atom. The van der Waals surface area contributed by atoms with E-state index in [1.807, 2.05) is 12.3 Å². The Bertz CT molecular complexity index is 1220. The quantitative estimate of drug-likeness (QED) is 0.450. The van der Waals surface area contributed by atoms with Gasteiger partial charge in [-0.3, -0.25) is 5.10 Å². The number of morpholine rings is 1. The van der Waals surface area contributed by atoms with Gasteiger partial charge in [-0.05, 0) is 35.2 Å². The molecule has 0 spiro atoms. The van der Waals surface area contributed by atoms with E-state index < -0.39 is 0 Å². The summed E-state index contributed by atoms with van der Waals surface area (Å²) in [6.45, 7) is 9.85. The minimum Gasteiger partial charge on any atom is -0.378 e. The molecule has 0 radical (unpaired) electrons. The van der Waals surface area contributed by atoms with Crippen molar-refractivity contribution in [3.63, 3.8) is 0 Å². The van der Waals surface area contributed by atoms with Gasteiger partial charge in [-0.1, -0.05) is 45.0 Å². The molecule has 1 aliphatic rings. The van der Waals surface area contributed by atoms with Crippen LogP contribution in [0.5, 0.6) is 0 Å². The van der Waals surface area contributed by atoms with Gasteiger partial charge in [-0.15, -0.1) is 0 Å². The van der Waals surface area contributed by atoms with E-state index in [-0.39, 0.29) is 5.41 Å². The molecule has 0 atom stereocenters. The highest BCUT2D eigenvalue weighted by Gasteiger charge is 2.17. The molecule has 1 fully saturated rings. The van der Waals surface area contributed by atoms with Gasteiger partial charge in [0.25, 0.3) is 0 Å². The maximum Gasteiger partial charge on any atom is 0.131 e. The van der Waals surface area contributed by atoms with Crippen LogP contribution >= 0.6 is 0 Å². The van der Waals surface area contributed by atoms with Gasteiger partial charge in [-0.25, -0.2) is 4.98 Å². The third-order valence-electron chi connectivity index (χ3n) is 5.92. The third kappa shape index (κ3) is 4.32. The molecule has 5 rings (SSSR count). The minimum absolute atomic E-state index is 0.125. The van der Waals surface area contributed by atoms with E-state index in [1.54, 1.807) is 0 Å². The number of ether oxygens (including phenoxy) is 1. The molecule has 0 bridgehead atoms. The van der Waals surface area contributed by atoms with Gasteiger partial charge in [0.15, 0.2) is 0 Å². The molecule has 0 unspecified atom stereocenters. The number of fused-ring (bicyclic) bond motifs is 1. The van der Waals surface area contributed by atoms with Crippen molar-refractivity contribution < 1.29 is 4.74 Å². The average Bonchev–Trinajstić information content (AvgIpc) is 3.27. The maximum absolute atomic E-state index is 5.55. The standard InChI is InChI=1S/C26H29N5O/c1-26(2,3)20-6-4-18(5-7-20)24-15-22(16-25(29-24)31-10-12-32-13-11-31)28-21-8-9-23-19(14-21)17-27-30-23/h4-9,14-17H,10-13H2,1-3H3,(H,27,30)(H,28,29). The van der Waals surface area contributed by atoms with E-state index in [1.165, 1.54) is 5.56 Å². The fraction of sp³-hybridized carbons (Fsp3) is 0.308. The predicted octanol–water partition coefficient (Wildman–Crippen LogP) is 5.50. The van der Waals surface area contributed by atoms with Crippen LogP contribution in [-0.2, 0) is 10.2 Å². The Labute approximate surface area is 188 Å². The van der Waals surface area contributed by atoms with Gasteiger partial charge in [-0.2, -0.15) is 5.10 Å². The molecule has 2 aromatic carbocycles. The number of pyridine rings is 1. The lowest BCUT2D eigenvalue weighted by Gasteiger charge is -2.28. The molecule has 0 aliphatic carbocycles. The molecule has 0 saturated carbocycles. The summed E-state index contributed by atoms with van der Waals surface area (Å²) in [7, 11) is 0. The Balaban J connectivity index is 1.51. The number of nitrogens with zero attached hydrogens (tertiary/aromatic N) is 3. The van der Waals surface area contributed by atoms with Crippen LogP contribution in [0.1, 0.15) is 26.3 Å². The monoisotopic (exact) mass is 427 g/mol. The van der Waals surface area contributed by atoms with Crippen molar-refractivity contribution >= 4 is 28.1 Å². The molecule has 1 saturated heterocycles. The second-order valence-electron chi connectivity index (χ2n) is 9.32. The molecule has 6 heteroatoms. The van der Waals surface area contributed by atoms with Crippen molar-refractivity contribution in [2.45, 2.75) is 26.2 Å². The third-order valence-corrected chi connectivity index (χ3v) is 5.92. The molecule has 3 heterocycles. The number of hydrogen-bond donors (Lipinski definition) is 2. The van der Waals surface area contributed by atoms with Gasteiger partial charge in [0.1, 0.15) is 5.82 Å². The number of aromatic nitrogens is 3. The van der Waals surface area contributed by atoms with Crippen molar-refractivity contribution in [1.29, 1.82) is 0 Å². The van der Waals surface area contributed by atoms with E-state index >= 15 is 0 Å². The molecule has 2 aromatic heterocycles. The van der Waals surface area contributed by atoms with Gasteiger partial charge in [0, 0.05) is 41.5 Å². The summed E-state index contributed by atoms with van der Waals surface area (Å²) in [5.74, 6) is 0.970. The van der Waals surface area contributed by atoms with Crippen molar-refractivity contribution in [3.8, 4) is 11.3 Å². The smallest absolute Gasteiger partial charge is 0.131 e. The van der Waals surface area contributed by atoms with Crippen molar-refractivity contribution in [3.05, 3.63) is 66.4 Å². The van der Waals surface area contributed by atoms with Crippen molar-refractivity contribution in [2.24, 2.45) is 0 Å². The summed E-state index contributed by atoms with van der Waals surface area (Å²) >= 11 is 0. The number of benzene rings is 2. The normalized spacial score (nSPS) is 14.7. The summed E-state index contributed by atoms with van der Waals surface area (Å²) in [5.41, 5.74) is 6.57. The van der Waals surface area contributed by atoms with Crippen LogP contribution in [0.25, 0.3) is 22.2 Å². The molecule has 164 valence electrons. The zero-order valence-corrected chi connectivity index (χ0v) is 18.9. The van der Waals surface area contributed by atoms with E-state index in [9.17, 15) is 0 Å². The first-order valence-corrected chi connectivity index (χ1v) is 11.1. The zero-order valence-electron chi connectivity index (χ0n) is 18.9. The van der Waals surface area contributed by atoms with Crippen LogP contribution in [0.15, 0.2) is 60.8 Å². The largest absolute Gasteiger partial charge is 0.378 e. The summed E-state index contributed by atoms with van der Waals surface area (Å²) in [4.78, 5) is 7.31. The number of H-pyrrole nitrogens is 1. The highest BCUT2D eigenvalue weighted by molar-refractivity contribution is 5.83. The topological polar surface area (TPSA) is 66.1 Å². The molecule has 0 amide bonds. The number of aromatic amines is 1. The first-order valence-electron chi connectivity index (χ1n) is 11.1. The minimum atomic E-state index is 0.125. The van der Waals surface area contributed by atoms with Crippen LogP contribution in [0.2, 0.25) is 0 Å². The number of rotatable bonds is 4. The Kier molecular flexibility index (Phi) is 5.31. The Morgan fingerprint density at radius 1 is 0.938 bits per heavy atom. The number of nitrogens with one attached hydrogen (secondary N) is 2. The Morgan fingerprint density at radius 2 is 1.72 bits per heavy atom. The molecule has 2 N–H and O–H groups in total. The summed E-state index contributed by atoms with van der Waals surface area (Å²) in [6, 6.07) is 19.2. The van der Waals surface area contributed by atoms with Gasteiger partial charge in [0.2, 0.25) is 0 Å².